The number of carbonyl (C=O) groups is 2. The normalized spacial score (nSPS) is 11.0. The van der Waals surface area contributed by atoms with E-state index in [4.69, 9.17) is 10.5 Å². The summed E-state index contributed by atoms with van der Waals surface area (Å²) in [5.41, 5.74) is 6.60. The molecule has 0 unspecified atom stereocenters. The highest BCUT2D eigenvalue weighted by Gasteiger charge is 2.23. The number of amides is 2. The molecule has 5 nitrogen and oxygen atoms in total. The van der Waals surface area contributed by atoms with Crippen LogP contribution < -0.4 is 5.73 Å². The van der Waals surface area contributed by atoms with Gasteiger partial charge in [0.2, 0.25) is 5.91 Å². The molecule has 0 fully saturated rings. The molecular weight excluding hydrogens is 256 g/mol. The molecule has 0 saturated carbocycles. The number of aryl methyl sites for hydroxylation is 1. The van der Waals surface area contributed by atoms with Crippen molar-refractivity contribution in [3.05, 3.63) is 35.4 Å². The average molecular weight is 278 g/mol. The molecule has 0 spiro atoms. The molecule has 1 rings (SSSR count). The summed E-state index contributed by atoms with van der Waals surface area (Å²) in [5.74, 6) is -0.566. The van der Waals surface area contributed by atoms with Crippen molar-refractivity contribution >= 4 is 12.0 Å². The number of rotatable bonds is 4. The number of hydrogen-bond acceptors (Lipinski definition) is 3. The van der Waals surface area contributed by atoms with Gasteiger partial charge in [0, 0.05) is 6.54 Å². The SMILES string of the molecule is Cc1cccc(CN(CC(N)=O)C(=O)OC(C)(C)C)c1. The Kier molecular flexibility index (Phi) is 5.13. The quantitative estimate of drug-likeness (QED) is 0.917. The molecule has 1 aromatic carbocycles. The molecule has 110 valence electrons. The van der Waals surface area contributed by atoms with Crippen LogP contribution in [0.2, 0.25) is 0 Å². The van der Waals surface area contributed by atoms with Crippen LogP contribution in [-0.2, 0) is 16.1 Å². The molecule has 0 heterocycles. The highest BCUT2D eigenvalue weighted by atomic mass is 16.6. The third-order valence-corrected chi connectivity index (χ3v) is 2.45. The fourth-order valence-electron chi connectivity index (χ4n) is 1.73. The highest BCUT2D eigenvalue weighted by molar-refractivity contribution is 5.80. The minimum absolute atomic E-state index is 0.164. The molecule has 0 aliphatic heterocycles. The summed E-state index contributed by atoms with van der Waals surface area (Å²) < 4.78 is 5.28. The second-order valence-corrected chi connectivity index (χ2v) is 5.79. The van der Waals surface area contributed by atoms with E-state index in [0.29, 0.717) is 6.54 Å². The van der Waals surface area contributed by atoms with E-state index >= 15 is 0 Å². The lowest BCUT2D eigenvalue weighted by molar-refractivity contribution is -0.119. The minimum Gasteiger partial charge on any atom is -0.444 e. The van der Waals surface area contributed by atoms with Crippen LogP contribution in [0.25, 0.3) is 0 Å². The van der Waals surface area contributed by atoms with E-state index in [0.717, 1.165) is 11.1 Å². The number of hydrogen-bond donors (Lipinski definition) is 1. The van der Waals surface area contributed by atoms with Gasteiger partial charge >= 0.3 is 6.09 Å². The molecular formula is C15H22N2O3. The van der Waals surface area contributed by atoms with E-state index in [9.17, 15) is 9.59 Å². The fourth-order valence-corrected chi connectivity index (χ4v) is 1.73. The Morgan fingerprint density at radius 1 is 1.30 bits per heavy atom. The summed E-state index contributed by atoms with van der Waals surface area (Å²) in [6.07, 6.45) is -0.544. The highest BCUT2D eigenvalue weighted by Crippen LogP contribution is 2.13. The van der Waals surface area contributed by atoms with Crippen molar-refractivity contribution in [1.29, 1.82) is 0 Å². The van der Waals surface area contributed by atoms with Crippen LogP contribution in [0.3, 0.4) is 0 Å². The summed E-state index contributed by atoms with van der Waals surface area (Å²) in [6, 6.07) is 7.72. The van der Waals surface area contributed by atoms with Crippen molar-refractivity contribution in [3.63, 3.8) is 0 Å². The zero-order valence-electron chi connectivity index (χ0n) is 12.5. The minimum atomic E-state index is -0.612. The summed E-state index contributed by atoms with van der Waals surface area (Å²) >= 11 is 0. The van der Waals surface area contributed by atoms with Crippen LogP contribution in [-0.4, -0.2) is 29.0 Å². The van der Waals surface area contributed by atoms with Gasteiger partial charge in [-0.25, -0.2) is 4.79 Å². The average Bonchev–Trinajstić information content (AvgIpc) is 2.25. The zero-order valence-corrected chi connectivity index (χ0v) is 12.5. The van der Waals surface area contributed by atoms with Gasteiger partial charge in [0.1, 0.15) is 12.1 Å². The third-order valence-electron chi connectivity index (χ3n) is 2.45. The van der Waals surface area contributed by atoms with Crippen molar-refractivity contribution in [2.45, 2.75) is 39.8 Å². The Labute approximate surface area is 119 Å². The van der Waals surface area contributed by atoms with Crippen LogP contribution in [0.1, 0.15) is 31.9 Å². The van der Waals surface area contributed by atoms with Gasteiger partial charge in [-0.3, -0.25) is 9.69 Å². The zero-order chi connectivity index (χ0) is 15.3. The largest absolute Gasteiger partial charge is 0.444 e. The van der Waals surface area contributed by atoms with E-state index in [1.54, 1.807) is 20.8 Å². The first kappa shape index (κ1) is 16.0. The van der Waals surface area contributed by atoms with E-state index in [1.165, 1.54) is 4.90 Å². The van der Waals surface area contributed by atoms with Crippen molar-refractivity contribution in [3.8, 4) is 0 Å². The number of nitrogens with two attached hydrogens (primary N) is 1. The molecule has 2 amide bonds. The summed E-state index contributed by atoms with van der Waals surface area (Å²) in [7, 11) is 0. The third kappa shape index (κ3) is 5.73. The molecule has 1 aromatic rings. The molecule has 0 aliphatic rings. The van der Waals surface area contributed by atoms with E-state index in [1.807, 2.05) is 31.2 Å². The molecule has 20 heavy (non-hydrogen) atoms. The van der Waals surface area contributed by atoms with Crippen molar-refractivity contribution in [1.82, 2.24) is 4.90 Å². The second kappa shape index (κ2) is 6.41. The monoisotopic (exact) mass is 278 g/mol. The predicted octanol–water partition coefficient (Wildman–Crippen LogP) is 2.22. The predicted molar refractivity (Wildman–Crippen MR) is 77.0 cm³/mol. The fraction of sp³-hybridized carbons (Fsp3) is 0.467. The van der Waals surface area contributed by atoms with Gasteiger partial charge in [-0.15, -0.1) is 0 Å². The van der Waals surface area contributed by atoms with E-state index < -0.39 is 17.6 Å². The lowest BCUT2D eigenvalue weighted by Crippen LogP contribution is -2.41. The molecule has 0 saturated heterocycles. The first-order valence-corrected chi connectivity index (χ1v) is 6.49. The number of benzene rings is 1. The molecule has 0 atom stereocenters. The summed E-state index contributed by atoms with van der Waals surface area (Å²) in [6.45, 7) is 7.43. The van der Waals surface area contributed by atoms with Crippen molar-refractivity contribution in [2.24, 2.45) is 5.73 Å². The molecule has 0 aliphatic carbocycles. The van der Waals surface area contributed by atoms with Gasteiger partial charge in [-0.2, -0.15) is 0 Å². The maximum Gasteiger partial charge on any atom is 0.411 e. The van der Waals surface area contributed by atoms with Gasteiger partial charge in [0.15, 0.2) is 0 Å². The van der Waals surface area contributed by atoms with E-state index in [2.05, 4.69) is 0 Å². The lowest BCUT2D eigenvalue weighted by Gasteiger charge is -2.26. The van der Waals surface area contributed by atoms with Gasteiger partial charge < -0.3 is 10.5 Å². The van der Waals surface area contributed by atoms with E-state index in [-0.39, 0.29) is 6.54 Å². The standard InChI is InChI=1S/C15H22N2O3/c1-11-6-5-7-12(8-11)9-17(10-13(16)18)14(19)20-15(2,3)4/h5-8H,9-10H2,1-4H3,(H2,16,18). The van der Waals surface area contributed by atoms with Crippen LogP contribution >= 0.6 is 0 Å². The van der Waals surface area contributed by atoms with Crippen LogP contribution in [0.4, 0.5) is 4.79 Å². The first-order chi connectivity index (χ1) is 9.17. The Morgan fingerprint density at radius 3 is 2.45 bits per heavy atom. The van der Waals surface area contributed by atoms with Gasteiger partial charge in [-0.05, 0) is 33.3 Å². The molecule has 2 N–H and O–H groups in total. The Balaban J connectivity index is 2.84. The van der Waals surface area contributed by atoms with Crippen LogP contribution in [0.15, 0.2) is 24.3 Å². The van der Waals surface area contributed by atoms with Crippen molar-refractivity contribution in [2.75, 3.05) is 6.54 Å². The number of ether oxygens (including phenoxy) is 1. The molecule has 5 heteroatoms. The molecule has 0 aromatic heterocycles. The number of nitrogens with zero attached hydrogens (tertiary/aromatic N) is 1. The van der Waals surface area contributed by atoms with Crippen LogP contribution in [0.5, 0.6) is 0 Å². The number of carbonyl (C=O) groups excluding carboxylic acids is 2. The summed E-state index contributed by atoms with van der Waals surface area (Å²) in [4.78, 5) is 24.5. The Hall–Kier alpha value is -2.04. The second-order valence-electron chi connectivity index (χ2n) is 5.79. The van der Waals surface area contributed by atoms with Crippen molar-refractivity contribution < 1.29 is 14.3 Å². The van der Waals surface area contributed by atoms with Gasteiger partial charge in [-0.1, -0.05) is 29.8 Å². The maximum atomic E-state index is 12.1. The smallest absolute Gasteiger partial charge is 0.411 e. The topological polar surface area (TPSA) is 72.6 Å². The molecule has 0 radical (unpaired) electrons. The van der Waals surface area contributed by atoms with Gasteiger partial charge in [0.05, 0.1) is 0 Å². The number of primary amides is 1. The van der Waals surface area contributed by atoms with Gasteiger partial charge in [0.25, 0.3) is 0 Å². The first-order valence-electron chi connectivity index (χ1n) is 6.49. The Morgan fingerprint density at radius 2 is 1.95 bits per heavy atom. The summed E-state index contributed by atoms with van der Waals surface area (Å²) in [5, 5.41) is 0. The molecule has 0 bridgehead atoms. The lowest BCUT2D eigenvalue weighted by atomic mass is 10.1. The Bertz CT molecular complexity index is 492. The van der Waals surface area contributed by atoms with Crippen LogP contribution in [0, 0.1) is 6.92 Å². The maximum absolute atomic E-state index is 12.1.